The van der Waals surface area contributed by atoms with Crippen molar-refractivity contribution in [3.8, 4) is 0 Å². The average Bonchev–Trinajstić information content (AvgIpc) is 3.21. The van der Waals surface area contributed by atoms with Gasteiger partial charge >= 0.3 is 0 Å². The maximum absolute atomic E-state index is 12.7. The standard InChI is InChI=1S/C21H26ClN3O2S/c1-15-6-2-3-11-25(15)12-5-10-23-20(26)17-9-8-16(22)14-18(17)24-21(27)19-7-4-13-28-19/h4,7-9,13-15H,2-3,5-6,10-12H2,1H3,(H,23,26)(H,24,27)/p+1/t15-/m0/s1. The van der Waals surface area contributed by atoms with Gasteiger partial charge in [0.1, 0.15) is 0 Å². The Morgan fingerprint density at radius 3 is 2.86 bits per heavy atom. The van der Waals surface area contributed by atoms with Gasteiger partial charge in [0.2, 0.25) is 0 Å². The SMILES string of the molecule is C[C@H]1CCCC[NH+]1CCCNC(=O)c1ccc(Cl)cc1NC(=O)c1cccs1. The molecule has 1 aliphatic rings. The summed E-state index contributed by atoms with van der Waals surface area (Å²) in [5.74, 6) is -0.436. The van der Waals surface area contributed by atoms with E-state index in [2.05, 4.69) is 17.6 Å². The van der Waals surface area contributed by atoms with Gasteiger partial charge < -0.3 is 15.5 Å². The van der Waals surface area contributed by atoms with Crippen LogP contribution in [0.4, 0.5) is 5.69 Å². The first kappa shape index (κ1) is 20.8. The van der Waals surface area contributed by atoms with Crippen LogP contribution in [0.25, 0.3) is 0 Å². The van der Waals surface area contributed by atoms with Gasteiger partial charge in [0.15, 0.2) is 0 Å². The largest absolute Gasteiger partial charge is 0.352 e. The number of amides is 2. The van der Waals surface area contributed by atoms with Crippen LogP contribution < -0.4 is 15.5 Å². The molecule has 150 valence electrons. The van der Waals surface area contributed by atoms with E-state index in [4.69, 9.17) is 11.6 Å². The molecule has 3 rings (SSSR count). The maximum atomic E-state index is 12.7. The highest BCUT2D eigenvalue weighted by molar-refractivity contribution is 7.12. The van der Waals surface area contributed by atoms with Crippen molar-refractivity contribution in [1.82, 2.24) is 5.32 Å². The molecule has 0 bridgehead atoms. The third kappa shape index (κ3) is 5.56. The van der Waals surface area contributed by atoms with Crippen molar-refractivity contribution >= 4 is 40.4 Å². The Morgan fingerprint density at radius 2 is 2.11 bits per heavy atom. The van der Waals surface area contributed by atoms with Crippen LogP contribution in [0, 0.1) is 0 Å². The normalized spacial score (nSPS) is 19.2. The fraction of sp³-hybridized carbons (Fsp3) is 0.429. The summed E-state index contributed by atoms with van der Waals surface area (Å²) in [6, 6.07) is 9.20. The van der Waals surface area contributed by atoms with Crippen LogP contribution in [-0.4, -0.2) is 37.5 Å². The molecule has 1 aromatic carbocycles. The van der Waals surface area contributed by atoms with Crippen molar-refractivity contribution < 1.29 is 14.5 Å². The van der Waals surface area contributed by atoms with Gasteiger partial charge in [-0.2, -0.15) is 0 Å². The Hall–Kier alpha value is -1.89. The van der Waals surface area contributed by atoms with Crippen molar-refractivity contribution in [2.45, 2.75) is 38.6 Å². The van der Waals surface area contributed by atoms with Crippen LogP contribution in [0.3, 0.4) is 0 Å². The predicted molar refractivity (Wildman–Crippen MR) is 115 cm³/mol. The number of piperidine rings is 1. The van der Waals surface area contributed by atoms with Gasteiger partial charge in [0, 0.05) is 18.0 Å². The minimum atomic E-state index is -0.242. The summed E-state index contributed by atoms with van der Waals surface area (Å²) in [5.41, 5.74) is 0.853. The highest BCUT2D eigenvalue weighted by atomic mass is 35.5. The van der Waals surface area contributed by atoms with E-state index in [0.29, 0.717) is 33.7 Å². The zero-order chi connectivity index (χ0) is 19.9. The first-order valence-electron chi connectivity index (χ1n) is 9.82. The highest BCUT2D eigenvalue weighted by Crippen LogP contribution is 2.22. The molecule has 28 heavy (non-hydrogen) atoms. The third-order valence-corrected chi connectivity index (χ3v) is 6.37. The number of carbonyl (C=O) groups is 2. The molecule has 3 N–H and O–H groups in total. The topological polar surface area (TPSA) is 62.6 Å². The van der Waals surface area contributed by atoms with Gasteiger partial charge in [-0.1, -0.05) is 17.7 Å². The Kier molecular flexibility index (Phi) is 7.48. The van der Waals surface area contributed by atoms with Crippen LogP contribution in [0.1, 0.15) is 52.6 Å². The van der Waals surface area contributed by atoms with Crippen LogP contribution in [0.2, 0.25) is 5.02 Å². The Morgan fingerprint density at radius 1 is 1.25 bits per heavy atom. The van der Waals surface area contributed by atoms with E-state index in [-0.39, 0.29) is 11.8 Å². The summed E-state index contributed by atoms with van der Waals surface area (Å²) in [6.45, 7) is 5.23. The number of quaternary nitrogens is 1. The second kappa shape index (κ2) is 10.0. The average molecular weight is 421 g/mol. The lowest BCUT2D eigenvalue weighted by atomic mass is 10.0. The van der Waals surface area contributed by atoms with Crippen molar-refractivity contribution in [3.05, 3.63) is 51.2 Å². The van der Waals surface area contributed by atoms with Crippen molar-refractivity contribution in [2.75, 3.05) is 25.0 Å². The zero-order valence-corrected chi connectivity index (χ0v) is 17.7. The smallest absolute Gasteiger partial charge is 0.265 e. The van der Waals surface area contributed by atoms with E-state index in [1.165, 1.54) is 37.1 Å². The second-order valence-corrected chi connectivity index (χ2v) is 8.67. The lowest BCUT2D eigenvalue weighted by Gasteiger charge is -2.30. The molecule has 1 unspecified atom stereocenters. The van der Waals surface area contributed by atoms with Gasteiger partial charge in [0.05, 0.1) is 35.3 Å². The molecular formula is C21H27ClN3O2S+. The first-order chi connectivity index (χ1) is 13.5. The number of hydrogen-bond donors (Lipinski definition) is 3. The molecule has 0 saturated carbocycles. The molecule has 1 saturated heterocycles. The van der Waals surface area contributed by atoms with Crippen LogP contribution >= 0.6 is 22.9 Å². The van der Waals surface area contributed by atoms with E-state index in [0.717, 1.165) is 13.0 Å². The molecule has 1 fully saturated rings. The molecule has 0 radical (unpaired) electrons. The molecule has 0 aliphatic carbocycles. The molecule has 2 heterocycles. The summed E-state index contributed by atoms with van der Waals surface area (Å²) < 4.78 is 0. The lowest BCUT2D eigenvalue weighted by Crippen LogP contribution is -3.16. The summed E-state index contributed by atoms with van der Waals surface area (Å²) >= 11 is 7.42. The molecule has 0 spiro atoms. The summed E-state index contributed by atoms with van der Waals surface area (Å²) in [5, 5.41) is 8.09. The van der Waals surface area contributed by atoms with Crippen molar-refractivity contribution in [3.63, 3.8) is 0 Å². The minimum absolute atomic E-state index is 0.195. The molecule has 1 aliphatic heterocycles. The number of halogens is 1. The molecule has 2 atom stereocenters. The quantitative estimate of drug-likeness (QED) is 0.602. The Labute approximate surface area is 175 Å². The van der Waals surface area contributed by atoms with Gasteiger partial charge in [-0.25, -0.2) is 0 Å². The van der Waals surface area contributed by atoms with E-state index in [1.54, 1.807) is 29.2 Å². The maximum Gasteiger partial charge on any atom is 0.265 e. The van der Waals surface area contributed by atoms with Crippen LogP contribution in [0.5, 0.6) is 0 Å². The first-order valence-corrected chi connectivity index (χ1v) is 11.1. The van der Waals surface area contributed by atoms with Crippen molar-refractivity contribution in [2.24, 2.45) is 0 Å². The number of nitrogens with one attached hydrogen (secondary N) is 3. The third-order valence-electron chi connectivity index (χ3n) is 5.26. The fourth-order valence-corrected chi connectivity index (χ4v) is 4.44. The number of carbonyl (C=O) groups excluding carboxylic acids is 2. The number of rotatable bonds is 7. The van der Waals surface area contributed by atoms with Gasteiger partial charge in [-0.05, 0) is 55.8 Å². The summed E-state index contributed by atoms with van der Waals surface area (Å²) in [6.07, 6.45) is 4.86. The van der Waals surface area contributed by atoms with E-state index >= 15 is 0 Å². The molecular weight excluding hydrogens is 394 g/mol. The molecule has 1 aromatic heterocycles. The van der Waals surface area contributed by atoms with E-state index in [9.17, 15) is 9.59 Å². The minimum Gasteiger partial charge on any atom is -0.352 e. The zero-order valence-electron chi connectivity index (χ0n) is 16.1. The van der Waals surface area contributed by atoms with E-state index < -0.39 is 0 Å². The summed E-state index contributed by atoms with van der Waals surface area (Å²) in [4.78, 5) is 27.2. The Bertz CT molecular complexity index is 810. The lowest BCUT2D eigenvalue weighted by molar-refractivity contribution is -0.928. The number of thiophene rings is 1. The second-order valence-electron chi connectivity index (χ2n) is 7.29. The van der Waals surface area contributed by atoms with Crippen LogP contribution in [0.15, 0.2) is 35.7 Å². The fourth-order valence-electron chi connectivity index (χ4n) is 3.65. The van der Waals surface area contributed by atoms with Crippen molar-refractivity contribution in [1.29, 1.82) is 0 Å². The Balaban J connectivity index is 1.56. The number of likely N-dealkylation sites (tertiary alicyclic amines) is 1. The summed E-state index contributed by atoms with van der Waals surface area (Å²) in [7, 11) is 0. The number of anilines is 1. The monoisotopic (exact) mass is 420 g/mol. The van der Waals surface area contributed by atoms with Gasteiger partial charge in [-0.15, -0.1) is 11.3 Å². The van der Waals surface area contributed by atoms with Gasteiger partial charge in [-0.3, -0.25) is 9.59 Å². The van der Waals surface area contributed by atoms with E-state index in [1.807, 2.05) is 11.4 Å². The van der Waals surface area contributed by atoms with Gasteiger partial charge in [0.25, 0.3) is 11.8 Å². The molecule has 5 nitrogen and oxygen atoms in total. The molecule has 2 amide bonds. The molecule has 2 aromatic rings. The van der Waals surface area contributed by atoms with Crippen LogP contribution in [-0.2, 0) is 0 Å². The highest BCUT2D eigenvalue weighted by Gasteiger charge is 2.21. The number of benzene rings is 1. The number of hydrogen-bond acceptors (Lipinski definition) is 3. The molecule has 7 heteroatoms. The predicted octanol–water partition coefficient (Wildman–Crippen LogP) is 3.23.